The molecule has 28 heavy (non-hydrogen) atoms. The molecule has 7 nitrogen and oxygen atoms in total. The van der Waals surface area contributed by atoms with E-state index < -0.39 is 0 Å². The number of thioether (sulfide) groups is 1. The van der Waals surface area contributed by atoms with Gasteiger partial charge in [0.05, 0.1) is 12.0 Å². The van der Waals surface area contributed by atoms with Crippen molar-refractivity contribution >= 4 is 40.5 Å². The number of nitrogens with two attached hydrogens (primary N) is 1. The van der Waals surface area contributed by atoms with Crippen LogP contribution in [0.15, 0.2) is 52.4 Å². The van der Waals surface area contributed by atoms with E-state index in [0.29, 0.717) is 22.1 Å². The Bertz CT molecular complexity index is 985. The molecule has 0 aliphatic carbocycles. The van der Waals surface area contributed by atoms with Gasteiger partial charge in [0.15, 0.2) is 23.3 Å². The monoisotopic (exact) mass is 397 g/mol. The van der Waals surface area contributed by atoms with Crippen LogP contribution in [0.3, 0.4) is 0 Å². The van der Waals surface area contributed by atoms with Gasteiger partial charge in [-0.05, 0) is 60.2 Å². The standard InChI is InChI=1S/C20H19N3O4S/c1-12-4-3-5-14(8-12)22-18(24)11-27-15-7-6-13(9-16(15)26-2)10-17-19(25)23-20(21)28-17/h3-10H,11H2,1-2H3,(H,22,24)(H2,21,23,25)/b17-10-. The van der Waals surface area contributed by atoms with Gasteiger partial charge in [-0.2, -0.15) is 4.99 Å². The molecule has 0 atom stereocenters. The van der Waals surface area contributed by atoms with Gasteiger partial charge in [0.2, 0.25) is 0 Å². The third-order valence-corrected chi connectivity index (χ3v) is 4.60. The molecule has 2 aromatic carbocycles. The maximum atomic E-state index is 12.1. The summed E-state index contributed by atoms with van der Waals surface area (Å²) in [6.07, 6.45) is 1.67. The number of nitrogens with zero attached hydrogens (tertiary/aromatic N) is 1. The number of amides is 2. The second-order valence-electron chi connectivity index (χ2n) is 5.98. The molecule has 0 saturated heterocycles. The molecule has 1 heterocycles. The Morgan fingerprint density at radius 2 is 2.07 bits per heavy atom. The zero-order valence-electron chi connectivity index (χ0n) is 15.4. The first-order chi connectivity index (χ1) is 13.4. The third-order valence-electron chi connectivity index (χ3n) is 3.78. The highest BCUT2D eigenvalue weighted by Gasteiger charge is 2.19. The van der Waals surface area contributed by atoms with Gasteiger partial charge in [-0.3, -0.25) is 9.59 Å². The molecule has 3 rings (SSSR count). The summed E-state index contributed by atoms with van der Waals surface area (Å²) >= 11 is 1.12. The van der Waals surface area contributed by atoms with Crippen molar-refractivity contribution in [1.29, 1.82) is 0 Å². The highest BCUT2D eigenvalue weighted by molar-refractivity contribution is 8.18. The number of carbonyl (C=O) groups is 2. The molecule has 1 aliphatic rings. The molecule has 0 unspecified atom stereocenters. The molecule has 144 valence electrons. The second kappa shape index (κ2) is 8.62. The zero-order valence-corrected chi connectivity index (χ0v) is 16.2. The molecule has 0 aromatic heterocycles. The highest BCUT2D eigenvalue weighted by Crippen LogP contribution is 2.31. The van der Waals surface area contributed by atoms with Gasteiger partial charge in [-0.15, -0.1) is 0 Å². The number of rotatable bonds is 6. The van der Waals surface area contributed by atoms with Gasteiger partial charge in [-0.25, -0.2) is 0 Å². The van der Waals surface area contributed by atoms with Crippen molar-refractivity contribution in [1.82, 2.24) is 0 Å². The fourth-order valence-corrected chi connectivity index (χ4v) is 3.22. The SMILES string of the molecule is COc1cc(/C=C2\SC(N)=NC2=O)ccc1OCC(=O)Nc1cccc(C)c1. The molecule has 0 spiro atoms. The first-order valence-electron chi connectivity index (χ1n) is 8.40. The number of ether oxygens (including phenoxy) is 2. The topological polar surface area (TPSA) is 103 Å². The fourth-order valence-electron chi connectivity index (χ4n) is 2.53. The summed E-state index contributed by atoms with van der Waals surface area (Å²) in [6, 6.07) is 12.7. The summed E-state index contributed by atoms with van der Waals surface area (Å²) in [5, 5.41) is 3.00. The van der Waals surface area contributed by atoms with E-state index in [9.17, 15) is 9.59 Å². The van der Waals surface area contributed by atoms with Gasteiger partial charge in [0.25, 0.3) is 11.8 Å². The van der Waals surface area contributed by atoms with Gasteiger partial charge in [0.1, 0.15) is 0 Å². The van der Waals surface area contributed by atoms with Crippen LogP contribution in [0.2, 0.25) is 0 Å². The Kier molecular flexibility index (Phi) is 6.00. The van der Waals surface area contributed by atoms with Crippen molar-refractivity contribution in [2.75, 3.05) is 19.0 Å². The van der Waals surface area contributed by atoms with E-state index in [1.165, 1.54) is 7.11 Å². The van der Waals surface area contributed by atoms with Crippen LogP contribution >= 0.6 is 11.8 Å². The summed E-state index contributed by atoms with van der Waals surface area (Å²) in [6.45, 7) is 1.79. The number of aliphatic imine (C=N–C) groups is 1. The van der Waals surface area contributed by atoms with Crippen LogP contribution < -0.4 is 20.5 Å². The maximum Gasteiger partial charge on any atom is 0.286 e. The Morgan fingerprint density at radius 1 is 1.25 bits per heavy atom. The molecule has 0 fully saturated rings. The number of nitrogens with one attached hydrogen (secondary N) is 1. The Labute approximate surface area is 166 Å². The third kappa shape index (κ3) is 4.92. The minimum absolute atomic E-state index is 0.163. The summed E-state index contributed by atoms with van der Waals surface area (Å²) in [5.74, 6) is 0.223. The number of benzene rings is 2. The first-order valence-corrected chi connectivity index (χ1v) is 9.21. The lowest BCUT2D eigenvalue weighted by molar-refractivity contribution is -0.118. The first kappa shape index (κ1) is 19.5. The van der Waals surface area contributed by atoms with Gasteiger partial charge < -0.3 is 20.5 Å². The smallest absolute Gasteiger partial charge is 0.286 e. The maximum absolute atomic E-state index is 12.1. The summed E-state index contributed by atoms with van der Waals surface area (Å²) < 4.78 is 10.9. The van der Waals surface area contributed by atoms with E-state index in [1.54, 1.807) is 24.3 Å². The fraction of sp³-hybridized carbons (Fsp3) is 0.150. The van der Waals surface area contributed by atoms with Crippen molar-refractivity contribution in [3.8, 4) is 11.5 Å². The molecule has 0 saturated carbocycles. The number of carbonyl (C=O) groups excluding carboxylic acids is 2. The van der Waals surface area contributed by atoms with Crippen LogP contribution in [0.4, 0.5) is 5.69 Å². The van der Waals surface area contributed by atoms with E-state index in [0.717, 1.165) is 22.9 Å². The minimum Gasteiger partial charge on any atom is -0.493 e. The van der Waals surface area contributed by atoms with E-state index in [-0.39, 0.29) is 23.6 Å². The van der Waals surface area contributed by atoms with Crippen LogP contribution in [-0.2, 0) is 9.59 Å². The Morgan fingerprint density at radius 3 is 2.75 bits per heavy atom. The molecule has 1 aliphatic heterocycles. The molecular weight excluding hydrogens is 378 g/mol. The molecule has 0 bridgehead atoms. The van der Waals surface area contributed by atoms with Crippen molar-refractivity contribution in [3.05, 3.63) is 58.5 Å². The molecular formula is C20H19N3O4S. The molecule has 3 N–H and O–H groups in total. The summed E-state index contributed by atoms with van der Waals surface area (Å²) in [5.41, 5.74) is 8.04. The molecule has 0 radical (unpaired) electrons. The number of aryl methyl sites for hydroxylation is 1. The van der Waals surface area contributed by atoms with Crippen molar-refractivity contribution < 1.29 is 19.1 Å². The lowest BCUT2D eigenvalue weighted by Gasteiger charge is -2.12. The van der Waals surface area contributed by atoms with E-state index >= 15 is 0 Å². The highest BCUT2D eigenvalue weighted by atomic mass is 32.2. The Balaban J connectivity index is 1.65. The predicted octanol–water partition coefficient (Wildman–Crippen LogP) is 2.95. The Hall–Kier alpha value is -3.26. The average molecular weight is 397 g/mol. The lowest BCUT2D eigenvalue weighted by atomic mass is 10.2. The molecule has 2 amide bonds. The van der Waals surface area contributed by atoms with Crippen LogP contribution in [0.25, 0.3) is 6.08 Å². The minimum atomic E-state index is -0.366. The summed E-state index contributed by atoms with van der Waals surface area (Å²) in [7, 11) is 1.50. The van der Waals surface area contributed by atoms with Crippen molar-refractivity contribution in [2.45, 2.75) is 6.92 Å². The van der Waals surface area contributed by atoms with Crippen LogP contribution in [0.5, 0.6) is 11.5 Å². The molecule has 8 heteroatoms. The van der Waals surface area contributed by atoms with Crippen molar-refractivity contribution in [2.24, 2.45) is 10.7 Å². The number of anilines is 1. The number of hydrogen-bond acceptors (Lipinski definition) is 6. The number of amidine groups is 1. The van der Waals surface area contributed by atoms with Crippen LogP contribution in [0, 0.1) is 6.92 Å². The van der Waals surface area contributed by atoms with Crippen molar-refractivity contribution in [3.63, 3.8) is 0 Å². The van der Waals surface area contributed by atoms with Gasteiger partial charge in [-0.1, -0.05) is 18.2 Å². The van der Waals surface area contributed by atoms with E-state index in [4.69, 9.17) is 15.2 Å². The normalized spacial score (nSPS) is 14.7. The summed E-state index contributed by atoms with van der Waals surface area (Å²) in [4.78, 5) is 27.9. The van der Waals surface area contributed by atoms with Gasteiger partial charge in [0, 0.05) is 5.69 Å². The van der Waals surface area contributed by atoms with E-state index in [1.807, 2.05) is 31.2 Å². The van der Waals surface area contributed by atoms with Crippen LogP contribution in [0.1, 0.15) is 11.1 Å². The lowest BCUT2D eigenvalue weighted by Crippen LogP contribution is -2.20. The van der Waals surface area contributed by atoms with Gasteiger partial charge >= 0.3 is 0 Å². The van der Waals surface area contributed by atoms with E-state index in [2.05, 4.69) is 10.3 Å². The zero-order chi connectivity index (χ0) is 20.1. The second-order valence-corrected chi connectivity index (χ2v) is 7.04. The quantitative estimate of drug-likeness (QED) is 0.727. The number of hydrogen-bond donors (Lipinski definition) is 2. The molecule has 2 aromatic rings. The van der Waals surface area contributed by atoms with Crippen LogP contribution in [-0.4, -0.2) is 30.7 Å². The average Bonchev–Trinajstić information content (AvgIpc) is 2.97. The number of methoxy groups -OCH3 is 1. The largest absolute Gasteiger partial charge is 0.493 e. The predicted molar refractivity (Wildman–Crippen MR) is 110 cm³/mol.